The van der Waals surface area contributed by atoms with Crippen LogP contribution < -0.4 is 20.1 Å². The second-order valence-electron chi connectivity index (χ2n) is 7.84. The van der Waals surface area contributed by atoms with Gasteiger partial charge in [0.15, 0.2) is 11.8 Å². The Hall–Kier alpha value is -3.93. The van der Waals surface area contributed by atoms with Gasteiger partial charge in [0.2, 0.25) is 10.0 Å². The molecule has 11 heteroatoms. The van der Waals surface area contributed by atoms with E-state index in [1.165, 1.54) is 29.2 Å². The van der Waals surface area contributed by atoms with Crippen molar-refractivity contribution in [2.75, 3.05) is 16.8 Å². The minimum absolute atomic E-state index is 0.0629. The molecular weight excluding hydrogens is 500 g/mol. The maximum atomic E-state index is 13.0. The molecule has 1 aliphatic rings. The molecule has 1 aliphatic heterocycles. The molecule has 184 valence electrons. The molecule has 0 spiro atoms. The van der Waals surface area contributed by atoms with E-state index in [1.807, 2.05) is 25.1 Å². The average Bonchev–Trinajstić information content (AvgIpc) is 3.11. The van der Waals surface area contributed by atoms with Gasteiger partial charge in [0.1, 0.15) is 5.75 Å². The number of nitrogens with zero attached hydrogens (tertiary/aromatic N) is 1. The number of sulfonamides is 1. The Balaban J connectivity index is 1.45. The van der Waals surface area contributed by atoms with E-state index in [2.05, 4.69) is 5.32 Å². The normalized spacial score (nSPS) is 14.8. The maximum Gasteiger partial charge on any atom is 0.271 e. The zero-order chi connectivity index (χ0) is 25.9. The van der Waals surface area contributed by atoms with Crippen LogP contribution in [0, 0.1) is 12.3 Å². The number of amidine groups is 1. The van der Waals surface area contributed by atoms with Crippen LogP contribution in [0.25, 0.3) is 6.08 Å². The van der Waals surface area contributed by atoms with Crippen LogP contribution in [-0.4, -0.2) is 32.0 Å². The number of para-hydroxylation sites is 1. The molecule has 0 saturated carbocycles. The van der Waals surface area contributed by atoms with Crippen molar-refractivity contribution in [3.63, 3.8) is 0 Å². The van der Waals surface area contributed by atoms with E-state index in [0.29, 0.717) is 27.6 Å². The summed E-state index contributed by atoms with van der Waals surface area (Å²) < 4.78 is 28.4. The third kappa shape index (κ3) is 5.82. The number of rotatable bonds is 7. The Morgan fingerprint density at radius 1 is 1.11 bits per heavy atom. The Labute approximate surface area is 212 Å². The monoisotopic (exact) mass is 522 g/mol. The fraction of sp³-hybridized carbons (Fsp3) is 0.0800. The van der Waals surface area contributed by atoms with Crippen molar-refractivity contribution in [1.29, 1.82) is 5.41 Å². The molecule has 0 aromatic heterocycles. The molecule has 0 unspecified atom stereocenters. The Kier molecular flexibility index (Phi) is 7.25. The molecule has 9 nitrogen and oxygen atoms in total. The number of thioether (sulfide) groups is 1. The second-order valence-corrected chi connectivity index (χ2v) is 10.4. The van der Waals surface area contributed by atoms with Gasteiger partial charge in [-0.3, -0.25) is 19.9 Å². The van der Waals surface area contributed by atoms with E-state index in [4.69, 9.17) is 15.3 Å². The molecular formula is C25H22N4O5S2. The van der Waals surface area contributed by atoms with Crippen LogP contribution in [0.1, 0.15) is 11.1 Å². The van der Waals surface area contributed by atoms with Crippen LogP contribution in [0.4, 0.5) is 11.4 Å². The van der Waals surface area contributed by atoms with Gasteiger partial charge in [0.05, 0.1) is 15.5 Å². The molecule has 4 rings (SSSR count). The molecule has 4 N–H and O–H groups in total. The molecule has 2 amide bonds. The van der Waals surface area contributed by atoms with Crippen molar-refractivity contribution in [3.8, 4) is 5.75 Å². The lowest BCUT2D eigenvalue weighted by Gasteiger charge is -2.14. The SMILES string of the molecule is Cc1cccc(N2C(=N)S/C(=C\c3ccccc3OCC(=O)Nc3ccc(S(N)(=O)=O)cc3)C2=O)c1. The standard InChI is InChI=1S/C25H22N4O5S2/c1-16-5-4-7-19(13-16)29-24(31)22(35-25(29)26)14-17-6-2-3-8-21(17)34-15-23(30)28-18-9-11-20(12-10-18)36(27,32)33/h2-14,26H,15H2,1H3,(H,28,30)(H2,27,32,33)/b22-14-,26-25?. The van der Waals surface area contributed by atoms with Crippen LogP contribution >= 0.6 is 11.8 Å². The first-order valence-electron chi connectivity index (χ1n) is 10.7. The lowest BCUT2D eigenvalue weighted by Crippen LogP contribution is -2.28. The fourth-order valence-electron chi connectivity index (χ4n) is 3.43. The first-order chi connectivity index (χ1) is 17.1. The van der Waals surface area contributed by atoms with E-state index >= 15 is 0 Å². The number of carbonyl (C=O) groups excluding carboxylic acids is 2. The van der Waals surface area contributed by atoms with Gasteiger partial charge in [-0.2, -0.15) is 0 Å². The molecule has 1 saturated heterocycles. The number of nitrogens with two attached hydrogens (primary N) is 1. The summed E-state index contributed by atoms with van der Waals surface area (Å²) in [4.78, 5) is 27.0. The number of carbonyl (C=O) groups is 2. The summed E-state index contributed by atoms with van der Waals surface area (Å²) in [5, 5.41) is 16.1. The summed E-state index contributed by atoms with van der Waals surface area (Å²) in [7, 11) is -3.82. The number of benzene rings is 3. The highest BCUT2D eigenvalue weighted by atomic mass is 32.2. The third-order valence-corrected chi connectivity index (χ3v) is 6.93. The number of nitrogens with one attached hydrogen (secondary N) is 2. The zero-order valence-electron chi connectivity index (χ0n) is 19.1. The van der Waals surface area contributed by atoms with Crippen LogP contribution in [0.3, 0.4) is 0 Å². The summed E-state index contributed by atoms with van der Waals surface area (Å²) in [6, 6.07) is 19.7. The van der Waals surface area contributed by atoms with Crippen LogP contribution in [-0.2, 0) is 19.6 Å². The molecule has 1 heterocycles. The smallest absolute Gasteiger partial charge is 0.271 e. The molecule has 3 aromatic rings. The van der Waals surface area contributed by atoms with E-state index in [-0.39, 0.29) is 22.6 Å². The van der Waals surface area contributed by atoms with Crippen molar-refractivity contribution < 1.29 is 22.7 Å². The zero-order valence-corrected chi connectivity index (χ0v) is 20.7. The first kappa shape index (κ1) is 25.2. The highest BCUT2D eigenvalue weighted by molar-refractivity contribution is 8.19. The highest BCUT2D eigenvalue weighted by Crippen LogP contribution is 2.36. The molecule has 0 radical (unpaired) electrons. The fourth-order valence-corrected chi connectivity index (χ4v) is 4.80. The minimum atomic E-state index is -3.82. The van der Waals surface area contributed by atoms with Gasteiger partial charge >= 0.3 is 0 Å². The van der Waals surface area contributed by atoms with Crippen molar-refractivity contribution >= 4 is 56.2 Å². The first-order valence-corrected chi connectivity index (χ1v) is 13.0. The number of primary sulfonamides is 1. The minimum Gasteiger partial charge on any atom is -0.483 e. The Morgan fingerprint density at radius 2 is 1.83 bits per heavy atom. The van der Waals surface area contributed by atoms with E-state index in [0.717, 1.165) is 17.3 Å². The van der Waals surface area contributed by atoms with Gasteiger partial charge in [0.25, 0.3) is 11.8 Å². The predicted octanol–water partition coefficient (Wildman–Crippen LogP) is 3.72. The molecule has 0 bridgehead atoms. The molecule has 36 heavy (non-hydrogen) atoms. The maximum absolute atomic E-state index is 13.0. The highest BCUT2D eigenvalue weighted by Gasteiger charge is 2.33. The quantitative estimate of drug-likeness (QED) is 0.404. The third-order valence-electron chi connectivity index (χ3n) is 5.11. The summed E-state index contributed by atoms with van der Waals surface area (Å²) in [5.74, 6) is -0.385. The largest absolute Gasteiger partial charge is 0.483 e. The van der Waals surface area contributed by atoms with Crippen LogP contribution in [0.2, 0.25) is 0 Å². The van der Waals surface area contributed by atoms with Crippen LogP contribution in [0.5, 0.6) is 5.75 Å². The predicted molar refractivity (Wildman–Crippen MR) is 140 cm³/mol. The topological polar surface area (TPSA) is 143 Å². The number of aryl methyl sites for hydroxylation is 1. The van der Waals surface area contributed by atoms with E-state index in [9.17, 15) is 18.0 Å². The number of ether oxygens (including phenoxy) is 1. The lowest BCUT2D eigenvalue weighted by molar-refractivity contribution is -0.118. The number of hydrogen-bond acceptors (Lipinski definition) is 7. The van der Waals surface area contributed by atoms with Gasteiger partial charge in [0, 0.05) is 11.3 Å². The van der Waals surface area contributed by atoms with Crippen molar-refractivity contribution in [2.45, 2.75) is 11.8 Å². The van der Waals surface area contributed by atoms with Gasteiger partial charge < -0.3 is 10.1 Å². The van der Waals surface area contributed by atoms with E-state index in [1.54, 1.807) is 36.4 Å². The molecule has 0 aliphatic carbocycles. The summed E-state index contributed by atoms with van der Waals surface area (Å²) in [6.07, 6.45) is 1.64. The number of hydrogen-bond donors (Lipinski definition) is 3. The van der Waals surface area contributed by atoms with Gasteiger partial charge in [-0.15, -0.1) is 0 Å². The van der Waals surface area contributed by atoms with Crippen molar-refractivity contribution in [1.82, 2.24) is 0 Å². The summed E-state index contributed by atoms with van der Waals surface area (Å²) >= 11 is 1.05. The van der Waals surface area contributed by atoms with Gasteiger partial charge in [-0.25, -0.2) is 13.6 Å². The van der Waals surface area contributed by atoms with Gasteiger partial charge in [-0.05, 0) is 72.8 Å². The average molecular weight is 523 g/mol. The molecule has 3 aromatic carbocycles. The number of anilines is 2. The number of amides is 2. The second kappa shape index (κ2) is 10.4. The molecule has 1 fully saturated rings. The summed E-state index contributed by atoms with van der Waals surface area (Å²) in [6.45, 7) is 1.60. The van der Waals surface area contributed by atoms with Crippen molar-refractivity contribution in [2.24, 2.45) is 5.14 Å². The van der Waals surface area contributed by atoms with Crippen molar-refractivity contribution in [3.05, 3.63) is 88.8 Å². The lowest BCUT2D eigenvalue weighted by atomic mass is 10.1. The Bertz CT molecular complexity index is 1480. The Morgan fingerprint density at radius 3 is 2.53 bits per heavy atom. The summed E-state index contributed by atoms with van der Waals surface area (Å²) in [5.41, 5.74) is 2.57. The molecule has 0 atom stereocenters. The van der Waals surface area contributed by atoms with Gasteiger partial charge in [-0.1, -0.05) is 30.3 Å². The van der Waals surface area contributed by atoms with Crippen LogP contribution in [0.15, 0.2) is 82.6 Å². The van der Waals surface area contributed by atoms with E-state index < -0.39 is 15.9 Å².